The predicted octanol–water partition coefficient (Wildman–Crippen LogP) is 2.28. The Bertz CT molecular complexity index is 825. The van der Waals surface area contributed by atoms with Crippen LogP contribution in [-0.4, -0.2) is 30.1 Å². The zero-order chi connectivity index (χ0) is 17.8. The van der Waals surface area contributed by atoms with Gasteiger partial charge in [0.2, 0.25) is 0 Å². The lowest BCUT2D eigenvalue weighted by atomic mass is 10.2. The van der Waals surface area contributed by atoms with Crippen molar-refractivity contribution in [3.8, 4) is 17.2 Å². The van der Waals surface area contributed by atoms with Crippen LogP contribution in [0, 0.1) is 0 Å². The number of hydrazine groups is 1. The van der Waals surface area contributed by atoms with Gasteiger partial charge in [0, 0.05) is 12.0 Å². The molecule has 0 radical (unpaired) electrons. The Labute approximate surface area is 148 Å². The molecule has 0 spiro atoms. The number of benzene rings is 2. The number of para-hydroxylation sites is 1. The Kier molecular flexibility index (Phi) is 4.95. The molecular weight excluding hydrogens is 348 g/mol. The number of halogens is 1. The number of fused-ring (bicyclic) bond motifs is 1. The highest BCUT2D eigenvalue weighted by molar-refractivity contribution is 6.32. The summed E-state index contributed by atoms with van der Waals surface area (Å²) in [5, 5.41) is 9.88. The number of carbonyl (C=O) groups excluding carboxylic acids is 2. The number of rotatable bonds is 2. The number of phenols is 1. The van der Waals surface area contributed by atoms with Gasteiger partial charge in [-0.25, -0.2) is 0 Å². The van der Waals surface area contributed by atoms with Crippen molar-refractivity contribution in [3.63, 3.8) is 0 Å². The first-order valence-electron chi connectivity index (χ1n) is 7.54. The molecule has 3 rings (SSSR count). The molecule has 8 heteroatoms. The van der Waals surface area contributed by atoms with Crippen molar-refractivity contribution in [2.45, 2.75) is 6.42 Å². The summed E-state index contributed by atoms with van der Waals surface area (Å²) in [7, 11) is 0. The SMILES string of the molecule is O=C(NNC(=O)c1ccccc1O)c1cc(Cl)c2c(c1)OCCCO2. The molecule has 0 aromatic heterocycles. The van der Waals surface area contributed by atoms with Crippen LogP contribution in [0.15, 0.2) is 36.4 Å². The van der Waals surface area contributed by atoms with E-state index in [0.717, 1.165) is 0 Å². The van der Waals surface area contributed by atoms with E-state index in [1.165, 1.54) is 24.3 Å². The maximum Gasteiger partial charge on any atom is 0.273 e. The molecule has 0 aliphatic carbocycles. The van der Waals surface area contributed by atoms with Crippen molar-refractivity contribution in [2.75, 3.05) is 13.2 Å². The molecule has 25 heavy (non-hydrogen) atoms. The summed E-state index contributed by atoms with van der Waals surface area (Å²) in [5.74, 6) is -0.641. The van der Waals surface area contributed by atoms with Gasteiger partial charge in [0.1, 0.15) is 5.75 Å². The van der Waals surface area contributed by atoms with E-state index in [1.807, 2.05) is 0 Å². The first kappa shape index (κ1) is 16.9. The standard InChI is InChI=1S/C17H15ClN2O5/c18-12-8-10(9-14-15(12)25-7-3-6-24-14)16(22)19-20-17(23)11-4-1-2-5-13(11)21/h1-2,4-5,8-9,21H,3,6-7H2,(H,19,22)(H,20,23). The zero-order valence-electron chi connectivity index (χ0n) is 13.0. The molecule has 2 aromatic carbocycles. The van der Waals surface area contributed by atoms with Crippen molar-refractivity contribution in [1.82, 2.24) is 10.9 Å². The highest BCUT2D eigenvalue weighted by atomic mass is 35.5. The Hall–Kier alpha value is -2.93. The average Bonchev–Trinajstić information content (AvgIpc) is 2.85. The van der Waals surface area contributed by atoms with E-state index in [-0.39, 0.29) is 21.9 Å². The molecule has 0 unspecified atom stereocenters. The quantitative estimate of drug-likeness (QED) is 0.712. The largest absolute Gasteiger partial charge is 0.507 e. The predicted molar refractivity (Wildman–Crippen MR) is 90.1 cm³/mol. The van der Waals surface area contributed by atoms with E-state index in [0.29, 0.717) is 31.1 Å². The molecule has 2 amide bonds. The molecule has 0 saturated heterocycles. The molecule has 1 aliphatic rings. The van der Waals surface area contributed by atoms with Gasteiger partial charge in [0.05, 0.1) is 23.8 Å². The molecule has 0 fully saturated rings. The second-order valence-corrected chi connectivity index (χ2v) is 5.67. The van der Waals surface area contributed by atoms with Gasteiger partial charge < -0.3 is 14.6 Å². The summed E-state index contributed by atoms with van der Waals surface area (Å²) in [5.41, 5.74) is 4.75. The third-order valence-electron chi connectivity index (χ3n) is 3.50. The number of nitrogens with one attached hydrogen (secondary N) is 2. The van der Waals surface area contributed by atoms with E-state index >= 15 is 0 Å². The Morgan fingerprint density at radius 1 is 1.04 bits per heavy atom. The molecule has 2 aromatic rings. The third kappa shape index (κ3) is 3.77. The minimum absolute atomic E-state index is 0.0412. The highest BCUT2D eigenvalue weighted by Gasteiger charge is 2.19. The lowest BCUT2D eigenvalue weighted by molar-refractivity contribution is 0.0845. The number of ether oxygens (including phenoxy) is 2. The smallest absolute Gasteiger partial charge is 0.273 e. The number of carbonyl (C=O) groups is 2. The summed E-state index contributed by atoms with van der Waals surface area (Å²) in [6, 6.07) is 8.91. The van der Waals surface area contributed by atoms with Crippen molar-refractivity contribution in [2.24, 2.45) is 0 Å². The topological polar surface area (TPSA) is 96.9 Å². The second kappa shape index (κ2) is 7.31. The van der Waals surface area contributed by atoms with Gasteiger partial charge in [0.15, 0.2) is 11.5 Å². The van der Waals surface area contributed by atoms with Crippen LogP contribution in [-0.2, 0) is 0 Å². The second-order valence-electron chi connectivity index (χ2n) is 5.26. The average molecular weight is 363 g/mol. The van der Waals surface area contributed by atoms with E-state index in [9.17, 15) is 14.7 Å². The van der Waals surface area contributed by atoms with Gasteiger partial charge in [-0.1, -0.05) is 23.7 Å². The summed E-state index contributed by atoms with van der Waals surface area (Å²) < 4.78 is 11.0. The molecule has 7 nitrogen and oxygen atoms in total. The summed E-state index contributed by atoms with van der Waals surface area (Å²) in [4.78, 5) is 24.2. The molecule has 3 N–H and O–H groups in total. The van der Waals surface area contributed by atoms with Gasteiger partial charge in [-0.2, -0.15) is 0 Å². The van der Waals surface area contributed by atoms with Crippen LogP contribution >= 0.6 is 11.6 Å². The molecule has 0 bridgehead atoms. The van der Waals surface area contributed by atoms with Crippen LogP contribution in [0.5, 0.6) is 17.2 Å². The minimum Gasteiger partial charge on any atom is -0.507 e. The maximum atomic E-state index is 12.2. The van der Waals surface area contributed by atoms with E-state index < -0.39 is 11.8 Å². The number of hydrogen-bond acceptors (Lipinski definition) is 5. The van der Waals surface area contributed by atoms with Crippen molar-refractivity contribution < 1.29 is 24.2 Å². The minimum atomic E-state index is -0.646. The molecule has 1 aliphatic heterocycles. The maximum absolute atomic E-state index is 12.2. The molecule has 130 valence electrons. The van der Waals surface area contributed by atoms with E-state index in [4.69, 9.17) is 21.1 Å². The molecule has 0 atom stereocenters. The van der Waals surface area contributed by atoms with E-state index in [2.05, 4.69) is 10.9 Å². The van der Waals surface area contributed by atoms with Crippen molar-refractivity contribution in [1.29, 1.82) is 0 Å². The normalized spacial score (nSPS) is 12.8. The van der Waals surface area contributed by atoms with Gasteiger partial charge in [-0.3, -0.25) is 20.4 Å². The first-order chi connectivity index (χ1) is 12.1. The van der Waals surface area contributed by atoms with Crippen LogP contribution in [0.25, 0.3) is 0 Å². The summed E-state index contributed by atoms with van der Waals surface area (Å²) in [6.45, 7) is 0.938. The van der Waals surface area contributed by atoms with E-state index in [1.54, 1.807) is 12.1 Å². The van der Waals surface area contributed by atoms with Gasteiger partial charge in [0.25, 0.3) is 11.8 Å². The number of hydrogen-bond donors (Lipinski definition) is 3. The third-order valence-corrected chi connectivity index (χ3v) is 3.78. The molecule has 1 heterocycles. The van der Waals surface area contributed by atoms with Crippen LogP contribution in [0.4, 0.5) is 0 Å². The Balaban J connectivity index is 1.71. The van der Waals surface area contributed by atoms with Crippen molar-refractivity contribution in [3.05, 3.63) is 52.5 Å². The lowest BCUT2D eigenvalue weighted by Gasteiger charge is -2.12. The fraction of sp³-hybridized carbons (Fsp3) is 0.176. The van der Waals surface area contributed by atoms with Crippen LogP contribution in [0.1, 0.15) is 27.1 Å². The lowest BCUT2D eigenvalue weighted by Crippen LogP contribution is -2.41. The summed E-state index contributed by atoms with van der Waals surface area (Å²) in [6.07, 6.45) is 0.711. The first-order valence-corrected chi connectivity index (χ1v) is 7.92. The fourth-order valence-corrected chi connectivity index (χ4v) is 2.55. The Morgan fingerprint density at radius 3 is 2.56 bits per heavy atom. The van der Waals surface area contributed by atoms with Crippen LogP contribution in [0.2, 0.25) is 5.02 Å². The van der Waals surface area contributed by atoms with Gasteiger partial charge in [-0.15, -0.1) is 0 Å². The monoisotopic (exact) mass is 362 g/mol. The van der Waals surface area contributed by atoms with Crippen molar-refractivity contribution >= 4 is 23.4 Å². The Morgan fingerprint density at radius 2 is 1.76 bits per heavy atom. The highest BCUT2D eigenvalue weighted by Crippen LogP contribution is 2.37. The van der Waals surface area contributed by atoms with Gasteiger partial charge >= 0.3 is 0 Å². The molecular formula is C17H15ClN2O5. The number of aromatic hydroxyl groups is 1. The zero-order valence-corrected chi connectivity index (χ0v) is 13.8. The number of phenolic OH excluding ortho intramolecular Hbond substituents is 1. The summed E-state index contributed by atoms with van der Waals surface area (Å²) >= 11 is 6.14. The van der Waals surface area contributed by atoms with Gasteiger partial charge in [-0.05, 0) is 24.3 Å². The van der Waals surface area contributed by atoms with Crippen LogP contribution < -0.4 is 20.3 Å². The van der Waals surface area contributed by atoms with Crippen LogP contribution in [0.3, 0.4) is 0 Å². The number of amides is 2. The molecule has 0 saturated carbocycles. The fourth-order valence-electron chi connectivity index (χ4n) is 2.28.